The lowest BCUT2D eigenvalue weighted by molar-refractivity contribution is -0.137. The highest BCUT2D eigenvalue weighted by Gasteiger charge is 2.17. The summed E-state index contributed by atoms with van der Waals surface area (Å²) in [7, 11) is 0. The van der Waals surface area contributed by atoms with Crippen LogP contribution in [0.25, 0.3) is 0 Å². The smallest absolute Gasteiger partial charge is 0.303 e. The topological polar surface area (TPSA) is 108 Å². The fourth-order valence-corrected chi connectivity index (χ4v) is 3.81. The lowest BCUT2D eigenvalue weighted by Crippen LogP contribution is -2.16. The standard InChI is InChI=1S/C22H30N4O3/c1-15-24-13-18(14-25-15)17(11-21(28)29)5-2-3-7-20(27)12-19-9-8-16-6-4-10-23-22(16)26-19/h8-9,13-14,17,20,27H,2-7,10-12H2,1H3,(H,23,26)(H,28,29)/t17-,20?/m0/s1. The van der Waals surface area contributed by atoms with Gasteiger partial charge in [0.05, 0.1) is 12.5 Å². The van der Waals surface area contributed by atoms with Crippen LogP contribution in [-0.2, 0) is 17.6 Å². The number of aryl methyl sites for hydroxylation is 2. The first-order valence-electron chi connectivity index (χ1n) is 10.4. The molecule has 7 nitrogen and oxygen atoms in total. The van der Waals surface area contributed by atoms with E-state index in [0.29, 0.717) is 18.7 Å². The molecule has 0 aromatic carbocycles. The number of fused-ring (bicyclic) bond motifs is 1. The van der Waals surface area contributed by atoms with Gasteiger partial charge in [0, 0.05) is 31.1 Å². The van der Waals surface area contributed by atoms with Crippen molar-refractivity contribution in [3.63, 3.8) is 0 Å². The molecule has 1 aliphatic rings. The molecule has 0 amide bonds. The molecule has 3 rings (SSSR count). The molecule has 0 bridgehead atoms. The second-order valence-electron chi connectivity index (χ2n) is 7.84. The molecule has 2 atom stereocenters. The normalized spacial score (nSPS) is 15.2. The van der Waals surface area contributed by atoms with Gasteiger partial charge in [-0.3, -0.25) is 4.79 Å². The maximum absolute atomic E-state index is 11.2. The number of pyridine rings is 1. The lowest BCUT2D eigenvalue weighted by Gasteiger charge is -2.18. The van der Waals surface area contributed by atoms with Crippen LogP contribution in [0.5, 0.6) is 0 Å². The maximum Gasteiger partial charge on any atom is 0.303 e. The van der Waals surface area contributed by atoms with Crippen LogP contribution in [0.4, 0.5) is 5.82 Å². The Balaban J connectivity index is 1.45. The van der Waals surface area contributed by atoms with Crippen LogP contribution in [0.2, 0.25) is 0 Å². The number of aliphatic carboxylic acids is 1. The van der Waals surface area contributed by atoms with Gasteiger partial charge in [0.25, 0.3) is 0 Å². The number of hydrogen-bond donors (Lipinski definition) is 3. The largest absolute Gasteiger partial charge is 0.481 e. The highest BCUT2D eigenvalue weighted by Crippen LogP contribution is 2.26. The third-order valence-corrected chi connectivity index (χ3v) is 5.43. The number of hydrogen-bond acceptors (Lipinski definition) is 6. The molecule has 0 spiro atoms. The van der Waals surface area contributed by atoms with Crippen LogP contribution in [-0.4, -0.2) is 43.8 Å². The SMILES string of the molecule is Cc1ncc([C@@H](CCCCC(O)Cc2ccc3c(n2)NCCC3)CC(=O)O)cn1. The summed E-state index contributed by atoms with van der Waals surface area (Å²) in [6.45, 7) is 2.76. The predicted octanol–water partition coefficient (Wildman–Crippen LogP) is 3.26. The Labute approximate surface area is 171 Å². The summed E-state index contributed by atoms with van der Waals surface area (Å²) in [5, 5.41) is 22.9. The Morgan fingerprint density at radius 3 is 2.72 bits per heavy atom. The van der Waals surface area contributed by atoms with Gasteiger partial charge in [0.2, 0.25) is 0 Å². The van der Waals surface area contributed by atoms with Gasteiger partial charge in [-0.2, -0.15) is 0 Å². The number of unbranched alkanes of at least 4 members (excludes halogenated alkanes) is 1. The molecule has 3 N–H and O–H groups in total. The highest BCUT2D eigenvalue weighted by molar-refractivity contribution is 5.68. The van der Waals surface area contributed by atoms with Crippen molar-refractivity contribution in [3.05, 3.63) is 47.2 Å². The summed E-state index contributed by atoms with van der Waals surface area (Å²) < 4.78 is 0. The van der Waals surface area contributed by atoms with Gasteiger partial charge < -0.3 is 15.5 Å². The molecule has 7 heteroatoms. The van der Waals surface area contributed by atoms with Crippen LogP contribution < -0.4 is 5.32 Å². The molecule has 0 saturated heterocycles. The first kappa shape index (κ1) is 21.2. The van der Waals surface area contributed by atoms with Gasteiger partial charge in [-0.1, -0.05) is 18.9 Å². The molecule has 1 aliphatic heterocycles. The summed E-state index contributed by atoms with van der Waals surface area (Å²) in [6.07, 6.45) is 8.92. The molecular formula is C22H30N4O3. The number of aliphatic hydroxyl groups excluding tert-OH is 1. The highest BCUT2D eigenvalue weighted by atomic mass is 16.4. The summed E-state index contributed by atoms with van der Waals surface area (Å²) in [6, 6.07) is 4.12. The number of nitrogens with zero attached hydrogens (tertiary/aromatic N) is 3. The number of aromatic nitrogens is 3. The number of carbonyl (C=O) groups is 1. The van der Waals surface area contributed by atoms with E-state index in [1.54, 1.807) is 12.4 Å². The second-order valence-corrected chi connectivity index (χ2v) is 7.84. The van der Waals surface area contributed by atoms with E-state index in [9.17, 15) is 15.0 Å². The zero-order valence-corrected chi connectivity index (χ0v) is 17.0. The quantitative estimate of drug-likeness (QED) is 0.527. The first-order valence-corrected chi connectivity index (χ1v) is 10.4. The minimum Gasteiger partial charge on any atom is -0.481 e. The Morgan fingerprint density at radius 1 is 1.21 bits per heavy atom. The van der Waals surface area contributed by atoms with E-state index in [-0.39, 0.29) is 12.3 Å². The summed E-state index contributed by atoms with van der Waals surface area (Å²) in [4.78, 5) is 24.2. The van der Waals surface area contributed by atoms with E-state index in [1.165, 1.54) is 5.56 Å². The fraction of sp³-hybridized carbons (Fsp3) is 0.545. The Bertz CT molecular complexity index is 810. The molecule has 1 unspecified atom stereocenters. The van der Waals surface area contributed by atoms with Gasteiger partial charge >= 0.3 is 5.97 Å². The van der Waals surface area contributed by atoms with Crippen molar-refractivity contribution < 1.29 is 15.0 Å². The van der Waals surface area contributed by atoms with E-state index in [2.05, 4.69) is 26.3 Å². The molecule has 2 aromatic heterocycles. The summed E-state index contributed by atoms with van der Waals surface area (Å²) >= 11 is 0. The van der Waals surface area contributed by atoms with E-state index in [0.717, 1.165) is 55.7 Å². The number of aliphatic hydroxyl groups is 1. The van der Waals surface area contributed by atoms with Crippen molar-refractivity contribution in [2.24, 2.45) is 0 Å². The zero-order chi connectivity index (χ0) is 20.6. The van der Waals surface area contributed by atoms with E-state index in [1.807, 2.05) is 13.0 Å². The number of rotatable bonds is 10. The summed E-state index contributed by atoms with van der Waals surface area (Å²) in [5.74, 6) is 0.719. The lowest BCUT2D eigenvalue weighted by atomic mass is 9.91. The Hall–Kier alpha value is -2.54. The number of anilines is 1. The van der Waals surface area contributed by atoms with Crippen LogP contribution in [0.3, 0.4) is 0 Å². The van der Waals surface area contributed by atoms with Crippen LogP contribution in [0.15, 0.2) is 24.5 Å². The third kappa shape index (κ3) is 6.49. The van der Waals surface area contributed by atoms with Crippen molar-refractivity contribution in [1.82, 2.24) is 15.0 Å². The minimum absolute atomic E-state index is 0.0705. The molecule has 29 heavy (non-hydrogen) atoms. The van der Waals surface area contributed by atoms with E-state index in [4.69, 9.17) is 0 Å². The van der Waals surface area contributed by atoms with Gasteiger partial charge in [0.1, 0.15) is 11.6 Å². The molecule has 0 fully saturated rings. The van der Waals surface area contributed by atoms with Crippen LogP contribution in [0.1, 0.15) is 67.1 Å². The number of nitrogens with one attached hydrogen (secondary N) is 1. The molecule has 156 valence electrons. The number of carboxylic acid groups (broad SMARTS) is 1. The maximum atomic E-state index is 11.2. The Morgan fingerprint density at radius 2 is 1.97 bits per heavy atom. The van der Waals surface area contributed by atoms with Gasteiger partial charge in [0.15, 0.2) is 0 Å². The molecule has 3 heterocycles. The van der Waals surface area contributed by atoms with Gasteiger partial charge in [-0.15, -0.1) is 0 Å². The van der Waals surface area contributed by atoms with Gasteiger partial charge in [-0.05, 0) is 55.7 Å². The average Bonchev–Trinajstić information content (AvgIpc) is 2.70. The van der Waals surface area contributed by atoms with Crippen LogP contribution in [0, 0.1) is 6.92 Å². The van der Waals surface area contributed by atoms with Crippen molar-refractivity contribution in [2.75, 3.05) is 11.9 Å². The van der Waals surface area contributed by atoms with Crippen molar-refractivity contribution >= 4 is 11.8 Å². The third-order valence-electron chi connectivity index (χ3n) is 5.43. The zero-order valence-electron chi connectivity index (χ0n) is 17.0. The molecule has 0 radical (unpaired) electrons. The molecular weight excluding hydrogens is 368 g/mol. The van der Waals surface area contributed by atoms with Crippen molar-refractivity contribution in [2.45, 2.75) is 70.3 Å². The molecule has 0 saturated carbocycles. The van der Waals surface area contributed by atoms with Crippen LogP contribution >= 0.6 is 0 Å². The summed E-state index contributed by atoms with van der Waals surface area (Å²) in [5.41, 5.74) is 3.02. The van der Waals surface area contributed by atoms with E-state index >= 15 is 0 Å². The van der Waals surface area contributed by atoms with E-state index < -0.39 is 12.1 Å². The molecule has 0 aliphatic carbocycles. The van der Waals surface area contributed by atoms with Gasteiger partial charge in [-0.25, -0.2) is 15.0 Å². The number of carboxylic acids is 1. The predicted molar refractivity (Wildman–Crippen MR) is 111 cm³/mol. The minimum atomic E-state index is -0.817. The average molecular weight is 399 g/mol. The first-order chi connectivity index (χ1) is 14.0. The fourth-order valence-electron chi connectivity index (χ4n) is 3.81. The second kappa shape index (κ2) is 10.3. The van der Waals surface area contributed by atoms with Crippen molar-refractivity contribution in [1.29, 1.82) is 0 Å². The monoisotopic (exact) mass is 398 g/mol. The Kier molecular flexibility index (Phi) is 7.52. The molecule has 2 aromatic rings. The van der Waals surface area contributed by atoms with Crippen molar-refractivity contribution in [3.8, 4) is 0 Å².